The van der Waals surface area contributed by atoms with E-state index in [0.29, 0.717) is 22.3 Å². The van der Waals surface area contributed by atoms with E-state index >= 15 is 0 Å². The molecule has 2 N–H and O–H groups in total. The molecule has 0 aliphatic carbocycles. The van der Waals surface area contributed by atoms with Crippen LogP contribution < -0.4 is 5.73 Å². The molecule has 0 spiro atoms. The summed E-state index contributed by atoms with van der Waals surface area (Å²) in [4.78, 5) is 4.10. The number of benzene rings is 1. The first-order chi connectivity index (χ1) is 8.25. The third kappa shape index (κ3) is 1.60. The minimum Gasteiger partial charge on any atom is -0.399 e. The fourth-order valence-corrected chi connectivity index (χ4v) is 1.91. The van der Waals surface area contributed by atoms with E-state index in [0.717, 1.165) is 5.56 Å². The largest absolute Gasteiger partial charge is 0.399 e. The topological polar surface area (TPSA) is 69.1 Å². The Balaban J connectivity index is 2.27. The predicted molar refractivity (Wildman–Crippen MR) is 65.6 cm³/mol. The minimum atomic E-state index is 0.537. The first kappa shape index (κ1) is 10.0. The monoisotopic (exact) mass is 245 g/mol. The Morgan fingerprint density at radius 1 is 1.24 bits per heavy atom. The van der Waals surface area contributed by atoms with E-state index in [-0.39, 0.29) is 0 Å². The van der Waals surface area contributed by atoms with Crippen molar-refractivity contribution in [2.75, 3.05) is 5.73 Å². The lowest BCUT2D eigenvalue weighted by Gasteiger charge is -2.03. The van der Waals surface area contributed by atoms with Crippen LogP contribution in [0.1, 0.15) is 0 Å². The molecule has 6 heteroatoms. The lowest BCUT2D eigenvalue weighted by Crippen LogP contribution is -1.92. The fraction of sp³-hybridized carbons (Fsp3) is 0. The summed E-state index contributed by atoms with van der Waals surface area (Å²) in [5, 5.41) is 8.60. The molecule has 84 valence electrons. The van der Waals surface area contributed by atoms with E-state index in [1.54, 1.807) is 22.7 Å². The summed E-state index contributed by atoms with van der Waals surface area (Å²) in [6, 6.07) is 7.10. The molecule has 3 aromatic rings. The van der Waals surface area contributed by atoms with Gasteiger partial charge in [0.25, 0.3) is 5.78 Å². The van der Waals surface area contributed by atoms with Gasteiger partial charge in [0.1, 0.15) is 0 Å². The lowest BCUT2D eigenvalue weighted by molar-refractivity contribution is 1.10. The van der Waals surface area contributed by atoms with Crippen LogP contribution in [0, 0.1) is 0 Å². The maximum absolute atomic E-state index is 6.14. The first-order valence-electron chi connectivity index (χ1n) is 4.97. The number of aromatic nitrogens is 4. The van der Waals surface area contributed by atoms with Gasteiger partial charge >= 0.3 is 0 Å². The van der Waals surface area contributed by atoms with Crippen LogP contribution in [0.2, 0.25) is 5.02 Å². The Labute approximate surface area is 102 Å². The van der Waals surface area contributed by atoms with Gasteiger partial charge in [-0.25, -0.2) is 4.98 Å². The van der Waals surface area contributed by atoms with Gasteiger partial charge < -0.3 is 5.73 Å². The molecule has 5 nitrogen and oxygen atoms in total. The van der Waals surface area contributed by atoms with Crippen LogP contribution in [0.3, 0.4) is 0 Å². The molecule has 0 saturated carbocycles. The minimum absolute atomic E-state index is 0.537. The molecule has 0 unspecified atom stereocenters. The molecule has 0 aliphatic rings. The van der Waals surface area contributed by atoms with Gasteiger partial charge in [-0.3, -0.25) is 4.40 Å². The van der Waals surface area contributed by atoms with Gasteiger partial charge in [-0.2, -0.15) is 0 Å². The van der Waals surface area contributed by atoms with Gasteiger partial charge in [-0.1, -0.05) is 11.6 Å². The highest BCUT2D eigenvalue weighted by atomic mass is 35.5. The molecule has 0 aliphatic heterocycles. The van der Waals surface area contributed by atoms with Crippen molar-refractivity contribution in [3.05, 3.63) is 41.7 Å². The summed E-state index contributed by atoms with van der Waals surface area (Å²) in [6.07, 6.45) is 3.50. The fourth-order valence-electron chi connectivity index (χ4n) is 1.64. The maximum Gasteiger partial charge on any atom is 0.255 e. The summed E-state index contributed by atoms with van der Waals surface area (Å²) < 4.78 is 1.78. The smallest absolute Gasteiger partial charge is 0.255 e. The molecule has 0 fully saturated rings. The Bertz CT molecular complexity index is 691. The van der Waals surface area contributed by atoms with Gasteiger partial charge in [-0.05, 0) is 24.3 Å². The zero-order valence-electron chi connectivity index (χ0n) is 8.71. The quantitative estimate of drug-likeness (QED) is 0.666. The summed E-state index contributed by atoms with van der Waals surface area (Å²) >= 11 is 6.14. The lowest BCUT2D eigenvalue weighted by atomic mass is 10.2. The van der Waals surface area contributed by atoms with Gasteiger partial charge in [0.15, 0.2) is 5.82 Å². The number of nitrogens with two attached hydrogens (primary N) is 1. The normalized spacial score (nSPS) is 10.9. The van der Waals surface area contributed by atoms with E-state index in [1.807, 2.05) is 18.3 Å². The number of hydrogen-bond donors (Lipinski definition) is 1. The zero-order chi connectivity index (χ0) is 11.8. The van der Waals surface area contributed by atoms with Crippen molar-refractivity contribution in [1.29, 1.82) is 0 Å². The molecular weight excluding hydrogens is 238 g/mol. The van der Waals surface area contributed by atoms with Gasteiger partial charge in [0, 0.05) is 23.6 Å². The second kappa shape index (κ2) is 3.71. The predicted octanol–water partition coefficient (Wildman–Crippen LogP) is 2.03. The van der Waals surface area contributed by atoms with Crippen LogP contribution in [0.25, 0.3) is 17.2 Å². The summed E-state index contributed by atoms with van der Waals surface area (Å²) in [5.74, 6) is 1.19. The molecule has 0 amide bonds. The van der Waals surface area contributed by atoms with E-state index in [4.69, 9.17) is 17.3 Å². The molecule has 2 heterocycles. The average molecular weight is 246 g/mol. The molecule has 2 aromatic heterocycles. The van der Waals surface area contributed by atoms with Crippen molar-refractivity contribution < 1.29 is 0 Å². The van der Waals surface area contributed by atoms with Crippen molar-refractivity contribution in [2.45, 2.75) is 0 Å². The highest BCUT2D eigenvalue weighted by molar-refractivity contribution is 6.33. The van der Waals surface area contributed by atoms with Crippen molar-refractivity contribution in [3.8, 4) is 11.4 Å². The summed E-state index contributed by atoms with van der Waals surface area (Å²) in [5.41, 5.74) is 7.05. The van der Waals surface area contributed by atoms with Crippen LogP contribution >= 0.6 is 11.6 Å². The SMILES string of the molecule is Nc1ccc(-c2nnc3ncccn23)c(Cl)c1. The Kier molecular flexibility index (Phi) is 2.19. The molecular formula is C11H8ClN5. The van der Waals surface area contributed by atoms with Crippen LogP contribution in [0.4, 0.5) is 5.69 Å². The van der Waals surface area contributed by atoms with Crippen LogP contribution in [-0.4, -0.2) is 19.6 Å². The number of anilines is 1. The second-order valence-electron chi connectivity index (χ2n) is 3.55. The number of rotatable bonds is 1. The van der Waals surface area contributed by atoms with Crippen LogP contribution in [0.5, 0.6) is 0 Å². The summed E-state index contributed by atoms with van der Waals surface area (Å²) in [7, 11) is 0. The molecule has 17 heavy (non-hydrogen) atoms. The maximum atomic E-state index is 6.14. The van der Waals surface area contributed by atoms with E-state index < -0.39 is 0 Å². The number of fused-ring (bicyclic) bond motifs is 1. The van der Waals surface area contributed by atoms with Gasteiger partial charge in [-0.15, -0.1) is 10.2 Å². The molecule has 0 atom stereocenters. The number of nitrogen functional groups attached to an aromatic ring is 1. The summed E-state index contributed by atoms with van der Waals surface area (Å²) in [6.45, 7) is 0. The zero-order valence-corrected chi connectivity index (χ0v) is 9.46. The third-order valence-electron chi connectivity index (χ3n) is 2.42. The second-order valence-corrected chi connectivity index (χ2v) is 3.96. The Hall–Kier alpha value is -2.14. The molecule has 0 bridgehead atoms. The van der Waals surface area contributed by atoms with Crippen molar-refractivity contribution in [3.63, 3.8) is 0 Å². The Morgan fingerprint density at radius 3 is 2.94 bits per heavy atom. The number of halogens is 1. The standard InChI is InChI=1S/C11H8ClN5/c12-9-6-7(13)2-3-8(9)10-15-16-11-14-4-1-5-17(10)11/h1-6H,13H2. The Morgan fingerprint density at radius 2 is 2.12 bits per heavy atom. The van der Waals surface area contributed by atoms with Gasteiger partial charge in [0.2, 0.25) is 0 Å². The highest BCUT2D eigenvalue weighted by Gasteiger charge is 2.11. The molecule has 1 aromatic carbocycles. The van der Waals surface area contributed by atoms with Crippen molar-refractivity contribution >= 4 is 23.1 Å². The van der Waals surface area contributed by atoms with Gasteiger partial charge in [0.05, 0.1) is 5.02 Å². The molecule has 0 saturated heterocycles. The molecule has 3 rings (SSSR count). The van der Waals surface area contributed by atoms with Crippen LogP contribution in [-0.2, 0) is 0 Å². The van der Waals surface area contributed by atoms with E-state index in [2.05, 4.69) is 15.2 Å². The third-order valence-corrected chi connectivity index (χ3v) is 2.74. The van der Waals surface area contributed by atoms with Crippen LogP contribution in [0.15, 0.2) is 36.7 Å². The molecule has 0 radical (unpaired) electrons. The van der Waals surface area contributed by atoms with E-state index in [9.17, 15) is 0 Å². The first-order valence-corrected chi connectivity index (χ1v) is 5.34. The number of hydrogen-bond acceptors (Lipinski definition) is 4. The highest BCUT2D eigenvalue weighted by Crippen LogP contribution is 2.28. The number of nitrogens with zero attached hydrogens (tertiary/aromatic N) is 4. The average Bonchev–Trinajstić information content (AvgIpc) is 2.73. The van der Waals surface area contributed by atoms with E-state index in [1.165, 1.54) is 0 Å². The van der Waals surface area contributed by atoms with Crippen molar-refractivity contribution in [1.82, 2.24) is 19.6 Å². The van der Waals surface area contributed by atoms with Crippen molar-refractivity contribution in [2.24, 2.45) is 0 Å².